The molecule has 1 atom stereocenters. The van der Waals surface area contributed by atoms with Gasteiger partial charge >= 0.3 is 0 Å². The summed E-state index contributed by atoms with van der Waals surface area (Å²) in [7, 11) is 2.83. The Labute approximate surface area is 114 Å². The molecule has 0 aliphatic rings. The summed E-state index contributed by atoms with van der Waals surface area (Å²) in [6, 6.07) is 5.44. The summed E-state index contributed by atoms with van der Waals surface area (Å²) >= 11 is 5.62. The molecule has 1 aromatic heterocycles. The maximum atomic E-state index is 13.9. The van der Waals surface area contributed by atoms with Crippen LogP contribution in [0.1, 0.15) is 17.4 Å². The van der Waals surface area contributed by atoms with E-state index in [2.05, 4.69) is 0 Å². The van der Waals surface area contributed by atoms with Gasteiger partial charge in [0.05, 0.1) is 14.2 Å². The standard InChI is InChI=1S/C13H12ClFO4/c1-17-10-5-7(8(15)6-11(10)18-2)13(16)9-3-4-12(14)19-9/h3-6,13,16H,1-2H3. The highest BCUT2D eigenvalue weighted by Crippen LogP contribution is 2.35. The van der Waals surface area contributed by atoms with Crippen molar-refractivity contribution in [2.45, 2.75) is 6.10 Å². The molecule has 0 radical (unpaired) electrons. The van der Waals surface area contributed by atoms with Gasteiger partial charge in [-0.1, -0.05) is 0 Å². The molecule has 0 spiro atoms. The van der Waals surface area contributed by atoms with Crippen LogP contribution in [0.2, 0.25) is 5.22 Å². The van der Waals surface area contributed by atoms with Crippen LogP contribution >= 0.6 is 11.6 Å². The second-order valence-electron chi connectivity index (χ2n) is 3.77. The van der Waals surface area contributed by atoms with E-state index in [1.807, 2.05) is 0 Å². The van der Waals surface area contributed by atoms with Crippen molar-refractivity contribution in [2.75, 3.05) is 14.2 Å². The van der Waals surface area contributed by atoms with Gasteiger partial charge in [0.25, 0.3) is 0 Å². The molecule has 0 aliphatic carbocycles. The zero-order valence-corrected chi connectivity index (χ0v) is 11.1. The Morgan fingerprint density at radius 2 is 1.84 bits per heavy atom. The second kappa shape index (κ2) is 5.50. The van der Waals surface area contributed by atoms with Crippen LogP contribution in [0.25, 0.3) is 0 Å². The zero-order chi connectivity index (χ0) is 14.0. The van der Waals surface area contributed by atoms with E-state index in [-0.39, 0.29) is 22.3 Å². The third-order valence-corrected chi connectivity index (χ3v) is 2.86. The van der Waals surface area contributed by atoms with Gasteiger partial charge in [0.2, 0.25) is 0 Å². The van der Waals surface area contributed by atoms with E-state index in [1.165, 1.54) is 32.4 Å². The first-order valence-electron chi connectivity index (χ1n) is 5.41. The molecule has 102 valence electrons. The number of ether oxygens (including phenoxy) is 2. The molecule has 1 unspecified atom stereocenters. The van der Waals surface area contributed by atoms with Crippen LogP contribution in [0.3, 0.4) is 0 Å². The van der Waals surface area contributed by atoms with Gasteiger partial charge in [0, 0.05) is 11.6 Å². The molecular formula is C13H12ClFO4. The third kappa shape index (κ3) is 2.67. The molecule has 0 aliphatic heterocycles. The van der Waals surface area contributed by atoms with Crippen LogP contribution in [0.5, 0.6) is 11.5 Å². The second-order valence-corrected chi connectivity index (χ2v) is 4.15. The lowest BCUT2D eigenvalue weighted by Gasteiger charge is -2.13. The molecule has 2 aromatic rings. The molecule has 2 rings (SSSR count). The largest absolute Gasteiger partial charge is 0.493 e. The third-order valence-electron chi connectivity index (χ3n) is 2.66. The fourth-order valence-corrected chi connectivity index (χ4v) is 1.86. The maximum Gasteiger partial charge on any atom is 0.193 e. The lowest BCUT2D eigenvalue weighted by atomic mass is 10.1. The van der Waals surface area contributed by atoms with E-state index < -0.39 is 11.9 Å². The quantitative estimate of drug-likeness (QED) is 0.938. The van der Waals surface area contributed by atoms with E-state index in [1.54, 1.807) is 0 Å². The Bertz CT molecular complexity index is 582. The molecule has 0 saturated heterocycles. The Balaban J connectivity index is 2.44. The van der Waals surface area contributed by atoms with Crippen LogP contribution in [-0.2, 0) is 0 Å². The van der Waals surface area contributed by atoms with Gasteiger partial charge in [-0.2, -0.15) is 0 Å². The van der Waals surface area contributed by atoms with Crippen molar-refractivity contribution >= 4 is 11.6 Å². The number of benzene rings is 1. The first kappa shape index (κ1) is 13.7. The normalized spacial score (nSPS) is 12.3. The van der Waals surface area contributed by atoms with Crippen LogP contribution in [-0.4, -0.2) is 19.3 Å². The average Bonchev–Trinajstić information content (AvgIpc) is 2.84. The lowest BCUT2D eigenvalue weighted by Crippen LogP contribution is -2.03. The lowest BCUT2D eigenvalue weighted by molar-refractivity contribution is 0.184. The molecule has 1 aromatic carbocycles. The van der Waals surface area contributed by atoms with E-state index in [0.717, 1.165) is 6.07 Å². The summed E-state index contributed by atoms with van der Waals surface area (Å²) in [6.45, 7) is 0. The predicted molar refractivity (Wildman–Crippen MR) is 67.3 cm³/mol. The van der Waals surface area contributed by atoms with Crippen molar-refractivity contribution < 1.29 is 23.4 Å². The molecule has 6 heteroatoms. The van der Waals surface area contributed by atoms with Gasteiger partial charge in [-0.25, -0.2) is 4.39 Å². The van der Waals surface area contributed by atoms with Gasteiger partial charge in [0.1, 0.15) is 17.7 Å². The van der Waals surface area contributed by atoms with E-state index in [4.69, 9.17) is 25.5 Å². The Morgan fingerprint density at radius 3 is 2.37 bits per heavy atom. The zero-order valence-electron chi connectivity index (χ0n) is 10.3. The van der Waals surface area contributed by atoms with Crippen molar-refractivity contribution in [3.05, 3.63) is 46.6 Å². The minimum absolute atomic E-state index is 0.0173. The summed E-state index contributed by atoms with van der Waals surface area (Å²) in [6.07, 6.45) is -1.27. The molecule has 1 heterocycles. The number of aliphatic hydroxyl groups excluding tert-OH is 1. The highest BCUT2D eigenvalue weighted by molar-refractivity contribution is 6.28. The van der Waals surface area contributed by atoms with E-state index in [0.29, 0.717) is 5.75 Å². The number of hydrogen-bond donors (Lipinski definition) is 1. The van der Waals surface area contributed by atoms with Gasteiger partial charge in [-0.15, -0.1) is 0 Å². The molecule has 19 heavy (non-hydrogen) atoms. The molecule has 4 nitrogen and oxygen atoms in total. The molecule has 0 bridgehead atoms. The summed E-state index contributed by atoms with van der Waals surface area (Å²) in [4.78, 5) is 0. The van der Waals surface area contributed by atoms with Crippen molar-refractivity contribution in [1.82, 2.24) is 0 Å². The fraction of sp³-hybridized carbons (Fsp3) is 0.231. The number of methoxy groups -OCH3 is 2. The number of hydrogen-bond acceptors (Lipinski definition) is 4. The highest BCUT2D eigenvalue weighted by Gasteiger charge is 2.21. The molecule has 0 amide bonds. The van der Waals surface area contributed by atoms with Crippen LogP contribution in [0.15, 0.2) is 28.7 Å². The first-order chi connectivity index (χ1) is 9.06. The Kier molecular flexibility index (Phi) is 3.97. The van der Waals surface area contributed by atoms with Crippen LogP contribution in [0.4, 0.5) is 4.39 Å². The number of halogens is 2. The maximum absolute atomic E-state index is 13.9. The molecule has 1 N–H and O–H groups in total. The number of aliphatic hydroxyl groups is 1. The summed E-state index contributed by atoms with van der Waals surface area (Å²) < 4.78 is 29.0. The van der Waals surface area contributed by atoms with Crippen molar-refractivity contribution in [3.8, 4) is 11.5 Å². The highest BCUT2D eigenvalue weighted by atomic mass is 35.5. The van der Waals surface area contributed by atoms with Gasteiger partial charge in [-0.3, -0.25) is 0 Å². The van der Waals surface area contributed by atoms with E-state index in [9.17, 15) is 9.50 Å². The molecule has 0 saturated carbocycles. The predicted octanol–water partition coefficient (Wildman–Crippen LogP) is 3.17. The Hall–Kier alpha value is -1.72. The summed E-state index contributed by atoms with van der Waals surface area (Å²) in [5.41, 5.74) is 0.0173. The van der Waals surface area contributed by atoms with Crippen molar-refractivity contribution in [2.24, 2.45) is 0 Å². The average molecular weight is 287 g/mol. The van der Waals surface area contributed by atoms with E-state index >= 15 is 0 Å². The monoisotopic (exact) mass is 286 g/mol. The molecular weight excluding hydrogens is 275 g/mol. The fourth-order valence-electron chi connectivity index (χ4n) is 1.71. The van der Waals surface area contributed by atoms with Crippen LogP contribution < -0.4 is 9.47 Å². The van der Waals surface area contributed by atoms with Gasteiger partial charge in [0.15, 0.2) is 16.7 Å². The topological polar surface area (TPSA) is 51.8 Å². The summed E-state index contributed by atoms with van der Waals surface area (Å²) in [5.74, 6) is 0.0813. The minimum Gasteiger partial charge on any atom is -0.493 e. The summed E-state index contributed by atoms with van der Waals surface area (Å²) in [5, 5.41) is 10.2. The van der Waals surface area contributed by atoms with Crippen molar-refractivity contribution in [3.63, 3.8) is 0 Å². The smallest absolute Gasteiger partial charge is 0.193 e. The first-order valence-corrected chi connectivity index (χ1v) is 5.79. The molecule has 0 fully saturated rings. The Morgan fingerprint density at radius 1 is 1.21 bits per heavy atom. The number of furan rings is 1. The van der Waals surface area contributed by atoms with Gasteiger partial charge < -0.3 is 19.0 Å². The van der Waals surface area contributed by atoms with Crippen LogP contribution in [0, 0.1) is 5.82 Å². The van der Waals surface area contributed by atoms with Crippen molar-refractivity contribution in [1.29, 1.82) is 0 Å². The minimum atomic E-state index is -1.27. The van der Waals surface area contributed by atoms with Gasteiger partial charge in [-0.05, 0) is 29.8 Å². The SMILES string of the molecule is COc1cc(F)c(C(O)c2ccc(Cl)o2)cc1OC. The number of rotatable bonds is 4.